The number of carbonyl (C=O) groups excluding carboxylic acids is 3. The molecule has 6 nitrogen and oxygen atoms in total. The second kappa shape index (κ2) is 5.55. The van der Waals surface area contributed by atoms with Crippen LogP contribution in [0.3, 0.4) is 0 Å². The van der Waals surface area contributed by atoms with E-state index in [1.165, 1.54) is 5.56 Å². The Hall–Kier alpha value is -2.37. The Kier molecular flexibility index (Phi) is 3.97. The van der Waals surface area contributed by atoms with Gasteiger partial charge in [0, 0.05) is 5.69 Å². The number of hydrogen-bond acceptors (Lipinski definition) is 3. The molecular formula is C15H19N3O3. The van der Waals surface area contributed by atoms with Gasteiger partial charge in [-0.1, -0.05) is 19.1 Å². The summed E-state index contributed by atoms with van der Waals surface area (Å²) in [4.78, 5) is 36.5. The van der Waals surface area contributed by atoms with Gasteiger partial charge in [0.1, 0.15) is 12.1 Å². The molecule has 1 aliphatic heterocycles. The summed E-state index contributed by atoms with van der Waals surface area (Å²) in [5.74, 6) is -0.801. The van der Waals surface area contributed by atoms with Gasteiger partial charge < -0.3 is 10.6 Å². The minimum Gasteiger partial charge on any atom is -0.325 e. The van der Waals surface area contributed by atoms with Gasteiger partial charge in [-0.05, 0) is 38.0 Å². The Balaban J connectivity index is 1.98. The molecule has 0 spiro atoms. The Morgan fingerprint density at radius 2 is 1.86 bits per heavy atom. The lowest BCUT2D eigenvalue weighted by atomic mass is 10.1. The van der Waals surface area contributed by atoms with Crippen molar-refractivity contribution in [3.8, 4) is 0 Å². The molecule has 0 aliphatic carbocycles. The lowest BCUT2D eigenvalue weighted by Crippen LogP contribution is -2.41. The van der Waals surface area contributed by atoms with Gasteiger partial charge in [-0.15, -0.1) is 0 Å². The molecule has 6 heteroatoms. The summed E-state index contributed by atoms with van der Waals surface area (Å²) >= 11 is 0. The van der Waals surface area contributed by atoms with Crippen LogP contribution in [-0.2, 0) is 16.0 Å². The van der Waals surface area contributed by atoms with Crippen molar-refractivity contribution >= 4 is 23.5 Å². The SMILES string of the molecule is CCc1ccc(NC(=O)CN2C(=O)NC(C)(C)C2=O)cc1. The molecule has 0 bridgehead atoms. The number of nitrogens with zero attached hydrogens (tertiary/aromatic N) is 1. The summed E-state index contributed by atoms with van der Waals surface area (Å²) in [6, 6.07) is 6.90. The fourth-order valence-corrected chi connectivity index (χ4v) is 2.13. The van der Waals surface area contributed by atoms with Crippen LogP contribution in [0.5, 0.6) is 0 Å². The molecule has 1 fully saturated rings. The summed E-state index contributed by atoms with van der Waals surface area (Å²) in [6.45, 7) is 4.97. The number of nitrogens with one attached hydrogen (secondary N) is 2. The molecule has 0 atom stereocenters. The molecule has 1 aromatic rings. The smallest absolute Gasteiger partial charge is 0.325 e. The maximum atomic E-state index is 12.0. The number of urea groups is 1. The minimum atomic E-state index is -0.958. The molecule has 1 aliphatic rings. The molecule has 0 aromatic heterocycles. The van der Waals surface area contributed by atoms with E-state index in [1.807, 2.05) is 19.1 Å². The number of carbonyl (C=O) groups is 3. The molecule has 2 rings (SSSR count). The number of anilines is 1. The van der Waals surface area contributed by atoms with E-state index in [2.05, 4.69) is 10.6 Å². The number of hydrogen-bond donors (Lipinski definition) is 2. The van der Waals surface area contributed by atoms with Crippen LogP contribution in [0, 0.1) is 0 Å². The summed E-state index contributed by atoms with van der Waals surface area (Å²) in [7, 11) is 0. The van der Waals surface area contributed by atoms with Gasteiger partial charge in [-0.2, -0.15) is 0 Å². The molecule has 1 saturated heterocycles. The normalized spacial score (nSPS) is 16.8. The highest BCUT2D eigenvalue weighted by Gasteiger charge is 2.44. The maximum absolute atomic E-state index is 12.0. The van der Waals surface area contributed by atoms with Crippen molar-refractivity contribution < 1.29 is 14.4 Å². The molecule has 21 heavy (non-hydrogen) atoms. The zero-order valence-electron chi connectivity index (χ0n) is 12.4. The van der Waals surface area contributed by atoms with Gasteiger partial charge in [0.15, 0.2) is 0 Å². The third-order valence-corrected chi connectivity index (χ3v) is 3.39. The Labute approximate surface area is 123 Å². The topological polar surface area (TPSA) is 78.5 Å². The molecule has 1 aromatic carbocycles. The van der Waals surface area contributed by atoms with Crippen molar-refractivity contribution in [1.29, 1.82) is 0 Å². The molecular weight excluding hydrogens is 270 g/mol. The molecule has 0 radical (unpaired) electrons. The first-order chi connectivity index (χ1) is 9.83. The van der Waals surface area contributed by atoms with Crippen molar-refractivity contribution in [2.24, 2.45) is 0 Å². The second-order valence-corrected chi connectivity index (χ2v) is 5.55. The second-order valence-electron chi connectivity index (χ2n) is 5.55. The summed E-state index contributed by atoms with van der Waals surface area (Å²) < 4.78 is 0. The van der Waals surface area contributed by atoms with Crippen LogP contribution in [0.25, 0.3) is 0 Å². The molecule has 0 saturated carbocycles. The van der Waals surface area contributed by atoms with E-state index in [9.17, 15) is 14.4 Å². The van der Waals surface area contributed by atoms with Crippen LogP contribution in [0.1, 0.15) is 26.3 Å². The fraction of sp³-hybridized carbons (Fsp3) is 0.400. The summed E-state index contributed by atoms with van der Waals surface area (Å²) in [5.41, 5.74) is 0.854. The van der Waals surface area contributed by atoms with E-state index >= 15 is 0 Å². The van der Waals surface area contributed by atoms with E-state index in [4.69, 9.17) is 0 Å². The van der Waals surface area contributed by atoms with Crippen LogP contribution in [0.2, 0.25) is 0 Å². The average Bonchev–Trinajstić information content (AvgIpc) is 2.62. The van der Waals surface area contributed by atoms with Crippen LogP contribution in [-0.4, -0.2) is 34.8 Å². The zero-order valence-corrected chi connectivity index (χ0v) is 12.4. The van der Waals surface area contributed by atoms with E-state index in [1.54, 1.807) is 26.0 Å². The number of rotatable bonds is 4. The van der Waals surface area contributed by atoms with Gasteiger partial charge in [-0.3, -0.25) is 14.5 Å². The van der Waals surface area contributed by atoms with E-state index in [0.717, 1.165) is 11.3 Å². The maximum Gasteiger partial charge on any atom is 0.325 e. The number of benzene rings is 1. The Morgan fingerprint density at radius 1 is 1.24 bits per heavy atom. The molecule has 4 amide bonds. The predicted molar refractivity (Wildman–Crippen MR) is 78.8 cm³/mol. The number of imide groups is 1. The highest BCUT2D eigenvalue weighted by atomic mass is 16.2. The zero-order chi connectivity index (χ0) is 15.6. The average molecular weight is 289 g/mol. The van der Waals surface area contributed by atoms with Gasteiger partial charge in [-0.25, -0.2) is 4.79 Å². The quantitative estimate of drug-likeness (QED) is 0.825. The lowest BCUT2D eigenvalue weighted by molar-refractivity contribution is -0.132. The van der Waals surface area contributed by atoms with Crippen molar-refractivity contribution in [3.63, 3.8) is 0 Å². The van der Waals surface area contributed by atoms with Gasteiger partial charge in [0.2, 0.25) is 5.91 Å². The van der Waals surface area contributed by atoms with Crippen molar-refractivity contribution in [3.05, 3.63) is 29.8 Å². The van der Waals surface area contributed by atoms with Crippen LogP contribution in [0.4, 0.5) is 10.5 Å². The van der Waals surface area contributed by atoms with Gasteiger partial charge in [0.25, 0.3) is 5.91 Å². The number of amides is 4. The third kappa shape index (κ3) is 3.21. The predicted octanol–water partition coefficient (Wildman–Crippen LogP) is 1.52. The van der Waals surface area contributed by atoms with Gasteiger partial charge >= 0.3 is 6.03 Å². The van der Waals surface area contributed by atoms with Crippen LogP contribution in [0.15, 0.2) is 24.3 Å². The first-order valence-corrected chi connectivity index (χ1v) is 6.86. The van der Waals surface area contributed by atoms with Crippen molar-refractivity contribution in [2.75, 3.05) is 11.9 Å². The highest BCUT2D eigenvalue weighted by Crippen LogP contribution is 2.16. The van der Waals surface area contributed by atoms with E-state index in [0.29, 0.717) is 5.69 Å². The minimum absolute atomic E-state index is 0.288. The first-order valence-electron chi connectivity index (χ1n) is 6.86. The fourth-order valence-electron chi connectivity index (χ4n) is 2.13. The molecule has 2 N–H and O–H groups in total. The number of aryl methyl sites for hydroxylation is 1. The van der Waals surface area contributed by atoms with Crippen molar-refractivity contribution in [1.82, 2.24) is 10.2 Å². The standard InChI is InChI=1S/C15H19N3O3/c1-4-10-5-7-11(8-6-10)16-12(19)9-18-13(20)15(2,3)17-14(18)21/h5-8H,4,9H2,1-3H3,(H,16,19)(H,17,21). The molecule has 1 heterocycles. The van der Waals surface area contributed by atoms with E-state index in [-0.39, 0.29) is 6.54 Å². The summed E-state index contributed by atoms with van der Waals surface area (Å²) in [5, 5.41) is 5.21. The third-order valence-electron chi connectivity index (χ3n) is 3.39. The summed E-state index contributed by atoms with van der Waals surface area (Å²) in [6.07, 6.45) is 0.922. The largest absolute Gasteiger partial charge is 0.325 e. The molecule has 0 unspecified atom stereocenters. The first kappa shape index (κ1) is 15.0. The Morgan fingerprint density at radius 3 is 2.33 bits per heavy atom. The highest BCUT2D eigenvalue weighted by molar-refractivity contribution is 6.09. The van der Waals surface area contributed by atoms with Crippen LogP contribution >= 0.6 is 0 Å². The van der Waals surface area contributed by atoms with Crippen molar-refractivity contribution in [2.45, 2.75) is 32.7 Å². The van der Waals surface area contributed by atoms with Crippen LogP contribution < -0.4 is 10.6 Å². The van der Waals surface area contributed by atoms with Gasteiger partial charge in [0.05, 0.1) is 0 Å². The van der Waals surface area contributed by atoms with E-state index < -0.39 is 23.4 Å². The monoisotopic (exact) mass is 289 g/mol. The lowest BCUT2D eigenvalue weighted by Gasteiger charge is -2.15. The Bertz CT molecular complexity index is 578. The molecule has 112 valence electrons.